The summed E-state index contributed by atoms with van der Waals surface area (Å²) >= 11 is 0. The lowest BCUT2D eigenvalue weighted by molar-refractivity contribution is -0.174. The standard InChI is InChI=1S/C11H20O3.C4H8/c1-5-8-6-13-9(8)7-14-10(12)11(2,3)4;1-3-4-2/h8-9H,5-7H2,1-4H3;3-4H,1-2H3. The molecular formula is C15H28O3. The molecule has 0 spiro atoms. The number of rotatable bonds is 3. The van der Waals surface area contributed by atoms with E-state index in [1.54, 1.807) is 0 Å². The van der Waals surface area contributed by atoms with Gasteiger partial charge in [0.15, 0.2) is 0 Å². The Kier molecular flexibility index (Phi) is 7.92. The minimum absolute atomic E-state index is 0.131. The Morgan fingerprint density at radius 1 is 1.33 bits per heavy atom. The van der Waals surface area contributed by atoms with Crippen LogP contribution in [0.15, 0.2) is 12.2 Å². The zero-order valence-corrected chi connectivity index (χ0v) is 12.7. The SMILES string of the molecule is CC=CC.CCC1COC1COC(=O)C(C)(C)C. The van der Waals surface area contributed by atoms with Crippen LogP contribution in [0.1, 0.15) is 48.0 Å². The summed E-state index contributed by atoms with van der Waals surface area (Å²) in [5, 5.41) is 0. The summed E-state index contributed by atoms with van der Waals surface area (Å²) in [5.74, 6) is 0.422. The monoisotopic (exact) mass is 256 g/mol. The van der Waals surface area contributed by atoms with Crippen LogP contribution in [0, 0.1) is 11.3 Å². The smallest absolute Gasteiger partial charge is 0.311 e. The highest BCUT2D eigenvalue weighted by Gasteiger charge is 2.33. The van der Waals surface area contributed by atoms with E-state index in [2.05, 4.69) is 6.92 Å². The fourth-order valence-electron chi connectivity index (χ4n) is 1.31. The van der Waals surface area contributed by atoms with Crippen LogP contribution in [-0.4, -0.2) is 25.3 Å². The highest BCUT2D eigenvalue weighted by Crippen LogP contribution is 2.24. The number of hydrogen-bond donors (Lipinski definition) is 0. The number of allylic oxidation sites excluding steroid dienone is 2. The number of esters is 1. The Hall–Kier alpha value is -0.830. The lowest BCUT2D eigenvalue weighted by atomic mass is 9.95. The molecule has 1 aliphatic rings. The highest BCUT2D eigenvalue weighted by molar-refractivity contribution is 5.75. The fourth-order valence-corrected chi connectivity index (χ4v) is 1.31. The third-order valence-corrected chi connectivity index (χ3v) is 2.90. The number of carbonyl (C=O) groups is 1. The summed E-state index contributed by atoms with van der Waals surface area (Å²) in [7, 11) is 0. The van der Waals surface area contributed by atoms with Gasteiger partial charge < -0.3 is 9.47 Å². The predicted molar refractivity (Wildman–Crippen MR) is 74.4 cm³/mol. The van der Waals surface area contributed by atoms with Crippen LogP contribution in [-0.2, 0) is 14.3 Å². The molecule has 0 aromatic rings. The quantitative estimate of drug-likeness (QED) is 0.572. The topological polar surface area (TPSA) is 35.5 Å². The normalized spacial score (nSPS) is 23.0. The van der Waals surface area contributed by atoms with Crippen LogP contribution in [0.4, 0.5) is 0 Å². The van der Waals surface area contributed by atoms with Gasteiger partial charge in [-0.05, 0) is 41.0 Å². The summed E-state index contributed by atoms with van der Waals surface area (Å²) in [5.41, 5.74) is -0.411. The molecule has 0 bridgehead atoms. The van der Waals surface area contributed by atoms with E-state index in [0.717, 1.165) is 13.0 Å². The molecule has 1 rings (SSSR count). The highest BCUT2D eigenvalue weighted by atomic mass is 16.6. The maximum absolute atomic E-state index is 11.4. The van der Waals surface area contributed by atoms with Gasteiger partial charge in [0, 0.05) is 5.92 Å². The summed E-state index contributed by atoms with van der Waals surface area (Å²) in [6.07, 6.45) is 5.23. The van der Waals surface area contributed by atoms with Crippen molar-refractivity contribution in [1.29, 1.82) is 0 Å². The Bertz CT molecular complexity index is 257. The van der Waals surface area contributed by atoms with Crippen LogP contribution in [0.3, 0.4) is 0 Å². The Morgan fingerprint density at radius 3 is 2.17 bits per heavy atom. The summed E-state index contributed by atoms with van der Waals surface area (Å²) in [4.78, 5) is 11.4. The average molecular weight is 256 g/mol. The first-order chi connectivity index (χ1) is 8.36. The molecule has 1 fully saturated rings. The van der Waals surface area contributed by atoms with Crippen LogP contribution < -0.4 is 0 Å². The van der Waals surface area contributed by atoms with Crippen molar-refractivity contribution >= 4 is 5.97 Å². The minimum atomic E-state index is -0.411. The van der Waals surface area contributed by atoms with Crippen LogP contribution in [0.2, 0.25) is 0 Å². The van der Waals surface area contributed by atoms with E-state index in [9.17, 15) is 4.79 Å². The van der Waals surface area contributed by atoms with Gasteiger partial charge in [-0.25, -0.2) is 0 Å². The molecule has 1 aliphatic heterocycles. The molecule has 2 atom stereocenters. The van der Waals surface area contributed by atoms with Gasteiger partial charge >= 0.3 is 5.97 Å². The lowest BCUT2D eigenvalue weighted by Crippen LogP contribution is -2.43. The lowest BCUT2D eigenvalue weighted by Gasteiger charge is -2.36. The number of ether oxygens (including phenoxy) is 2. The van der Waals surface area contributed by atoms with E-state index in [1.807, 2.05) is 46.8 Å². The van der Waals surface area contributed by atoms with Gasteiger partial charge in [-0.15, -0.1) is 0 Å². The predicted octanol–water partition coefficient (Wildman–Crippen LogP) is 3.58. The van der Waals surface area contributed by atoms with Gasteiger partial charge in [0.2, 0.25) is 0 Å². The second kappa shape index (κ2) is 8.30. The van der Waals surface area contributed by atoms with Gasteiger partial charge in [0.25, 0.3) is 0 Å². The molecule has 2 unspecified atom stereocenters. The molecule has 0 radical (unpaired) electrons. The van der Waals surface area contributed by atoms with Crippen LogP contribution in [0.25, 0.3) is 0 Å². The van der Waals surface area contributed by atoms with Gasteiger partial charge in [-0.3, -0.25) is 4.79 Å². The molecule has 0 amide bonds. The molecule has 0 aromatic carbocycles. The molecule has 106 valence electrons. The molecule has 3 nitrogen and oxygen atoms in total. The van der Waals surface area contributed by atoms with Crippen molar-refractivity contribution in [3.8, 4) is 0 Å². The molecule has 1 saturated heterocycles. The molecule has 1 heterocycles. The molecule has 0 aromatic heterocycles. The average Bonchev–Trinajstić information content (AvgIpc) is 2.27. The Labute approximate surface area is 112 Å². The van der Waals surface area contributed by atoms with Crippen molar-refractivity contribution < 1.29 is 14.3 Å². The molecular weight excluding hydrogens is 228 g/mol. The zero-order chi connectivity index (χ0) is 14.2. The first-order valence-electron chi connectivity index (χ1n) is 6.72. The molecule has 0 saturated carbocycles. The van der Waals surface area contributed by atoms with Gasteiger partial charge in [0.1, 0.15) is 6.61 Å². The largest absolute Gasteiger partial charge is 0.463 e. The second-order valence-electron chi connectivity index (χ2n) is 5.56. The molecule has 3 heteroatoms. The van der Waals surface area contributed by atoms with Crippen LogP contribution >= 0.6 is 0 Å². The summed E-state index contributed by atoms with van der Waals surface area (Å²) in [6, 6.07) is 0. The van der Waals surface area contributed by atoms with E-state index >= 15 is 0 Å². The summed E-state index contributed by atoms with van der Waals surface area (Å²) < 4.78 is 10.5. The number of hydrogen-bond acceptors (Lipinski definition) is 3. The van der Waals surface area contributed by atoms with E-state index < -0.39 is 5.41 Å². The second-order valence-corrected chi connectivity index (χ2v) is 5.56. The van der Waals surface area contributed by atoms with Crippen molar-refractivity contribution in [2.45, 2.75) is 54.1 Å². The molecule has 0 N–H and O–H groups in total. The Balaban J connectivity index is 0.000000631. The van der Waals surface area contributed by atoms with Crippen LogP contribution in [0.5, 0.6) is 0 Å². The zero-order valence-electron chi connectivity index (χ0n) is 12.7. The van der Waals surface area contributed by atoms with Gasteiger partial charge in [-0.1, -0.05) is 19.1 Å². The maximum Gasteiger partial charge on any atom is 0.311 e. The van der Waals surface area contributed by atoms with Gasteiger partial charge in [0.05, 0.1) is 18.1 Å². The first-order valence-corrected chi connectivity index (χ1v) is 6.72. The first kappa shape index (κ1) is 17.2. The summed E-state index contributed by atoms with van der Waals surface area (Å²) in [6.45, 7) is 12.9. The van der Waals surface area contributed by atoms with Crippen molar-refractivity contribution in [2.75, 3.05) is 13.2 Å². The van der Waals surface area contributed by atoms with E-state index in [4.69, 9.17) is 9.47 Å². The van der Waals surface area contributed by atoms with Gasteiger partial charge in [-0.2, -0.15) is 0 Å². The van der Waals surface area contributed by atoms with Crippen molar-refractivity contribution in [3.05, 3.63) is 12.2 Å². The fraction of sp³-hybridized carbons (Fsp3) is 0.800. The third-order valence-electron chi connectivity index (χ3n) is 2.90. The van der Waals surface area contributed by atoms with Crippen molar-refractivity contribution in [3.63, 3.8) is 0 Å². The third kappa shape index (κ3) is 6.20. The Morgan fingerprint density at radius 2 is 1.89 bits per heavy atom. The maximum atomic E-state index is 11.4. The molecule has 18 heavy (non-hydrogen) atoms. The van der Waals surface area contributed by atoms with E-state index in [1.165, 1.54) is 0 Å². The molecule has 0 aliphatic carbocycles. The van der Waals surface area contributed by atoms with Crippen molar-refractivity contribution in [1.82, 2.24) is 0 Å². The minimum Gasteiger partial charge on any atom is -0.463 e. The van der Waals surface area contributed by atoms with Crippen molar-refractivity contribution in [2.24, 2.45) is 11.3 Å². The number of carbonyl (C=O) groups excluding carboxylic acids is 1. The van der Waals surface area contributed by atoms with E-state index in [-0.39, 0.29) is 12.1 Å². The van der Waals surface area contributed by atoms with E-state index in [0.29, 0.717) is 12.5 Å².